The monoisotopic (exact) mass is 864 g/mol. The van der Waals surface area contributed by atoms with Crippen LogP contribution in [0, 0.1) is 23.7 Å². The van der Waals surface area contributed by atoms with Gasteiger partial charge in [-0.2, -0.15) is 0 Å². The van der Waals surface area contributed by atoms with E-state index in [0.717, 1.165) is 95.0 Å². The summed E-state index contributed by atoms with van der Waals surface area (Å²) in [7, 11) is 0. The van der Waals surface area contributed by atoms with Gasteiger partial charge in [0.15, 0.2) is 5.82 Å². The fraction of sp³-hybridized carbons (Fsp3) is 0.510. The molecule has 3 saturated carbocycles. The average molecular weight is 865 g/mol. The number of aromatic hydroxyl groups is 1. The average Bonchev–Trinajstić information content (AvgIpc) is 3.93. The van der Waals surface area contributed by atoms with Gasteiger partial charge in [0.05, 0.1) is 17.9 Å². The van der Waals surface area contributed by atoms with Gasteiger partial charge in [0.25, 0.3) is 0 Å². The molecule has 13 nitrogen and oxygen atoms in total. The first-order valence-electron chi connectivity index (χ1n) is 23.8. The number of fused-ring (bicyclic) bond motifs is 1. The van der Waals surface area contributed by atoms with E-state index < -0.39 is 0 Å². The normalized spacial score (nSPS) is 28.4. The Morgan fingerprint density at radius 3 is 2.48 bits per heavy atom. The van der Waals surface area contributed by atoms with Gasteiger partial charge in [-0.25, -0.2) is 0 Å². The largest absolute Gasteiger partial charge is 0.507 e. The van der Waals surface area contributed by atoms with Crippen LogP contribution < -0.4 is 25.6 Å². The summed E-state index contributed by atoms with van der Waals surface area (Å²) in [6, 6.07) is 24.3. The number of piperidine rings is 3. The molecule has 5 aliphatic heterocycles. The van der Waals surface area contributed by atoms with Crippen molar-refractivity contribution < 1.29 is 24.2 Å². The topological polar surface area (TPSA) is 157 Å². The SMILES string of the molecule is C[C@@H]1CN([C@@H]2CCC(=O)NC2=O)c2cccc(C3CCN(CC(=O)N4CCC(Oc5cccc(C6C7C[C@H]8CN(c9cc(-c%10ccccc%10O)nnc9N)CC[C@H]7C68)c5)CC4)CC3)c21. The molecule has 1 aromatic heterocycles. The van der Waals surface area contributed by atoms with Crippen molar-refractivity contribution in [2.75, 3.05) is 67.9 Å². The number of nitrogens with zero attached hydrogens (tertiary/aromatic N) is 6. The van der Waals surface area contributed by atoms with Crippen molar-refractivity contribution in [3.05, 3.63) is 89.5 Å². The number of benzene rings is 3. The molecule has 3 amide bonds. The van der Waals surface area contributed by atoms with E-state index in [1.165, 1.54) is 23.1 Å². The van der Waals surface area contributed by atoms with Crippen LogP contribution >= 0.6 is 0 Å². The first-order chi connectivity index (χ1) is 31.2. The molecule has 8 aliphatic rings. The number of nitrogen functional groups attached to an aromatic ring is 1. The molecule has 3 aromatic carbocycles. The molecule has 6 heterocycles. The van der Waals surface area contributed by atoms with Gasteiger partial charge in [0, 0.05) is 69.2 Å². The highest BCUT2D eigenvalue weighted by atomic mass is 16.5. The highest BCUT2D eigenvalue weighted by molar-refractivity contribution is 6.02. The van der Waals surface area contributed by atoms with Crippen molar-refractivity contribution in [2.24, 2.45) is 23.7 Å². The molecule has 4 saturated heterocycles. The molecule has 0 radical (unpaired) electrons. The zero-order valence-corrected chi connectivity index (χ0v) is 36.8. The number of imide groups is 1. The molecule has 3 aliphatic carbocycles. The minimum atomic E-state index is -0.299. The molecule has 4 bridgehead atoms. The molecular weight excluding hydrogens is 805 g/mol. The lowest BCUT2D eigenvalue weighted by Gasteiger charge is -2.45. The van der Waals surface area contributed by atoms with E-state index in [9.17, 15) is 19.5 Å². The van der Waals surface area contributed by atoms with E-state index in [1.54, 1.807) is 12.1 Å². The van der Waals surface area contributed by atoms with Crippen LogP contribution in [0.5, 0.6) is 11.5 Å². The van der Waals surface area contributed by atoms with Crippen molar-refractivity contribution in [3.8, 4) is 22.8 Å². The second-order valence-electron chi connectivity index (χ2n) is 19.8. The molecule has 7 fully saturated rings. The molecule has 0 spiro atoms. The van der Waals surface area contributed by atoms with Gasteiger partial charge >= 0.3 is 0 Å². The third-order valence-electron chi connectivity index (χ3n) is 16.3. The van der Waals surface area contributed by atoms with Gasteiger partial charge in [-0.15, -0.1) is 10.2 Å². The van der Waals surface area contributed by atoms with Crippen molar-refractivity contribution in [1.29, 1.82) is 0 Å². The Kier molecular flexibility index (Phi) is 10.7. The lowest BCUT2D eigenvalue weighted by Crippen LogP contribution is -2.52. The second kappa shape index (κ2) is 16.7. The number of anilines is 3. The maximum absolute atomic E-state index is 13.6. The number of nitrogens with two attached hydrogens (primary N) is 1. The van der Waals surface area contributed by atoms with Crippen LogP contribution in [0.1, 0.15) is 92.7 Å². The van der Waals surface area contributed by atoms with Gasteiger partial charge in [-0.05, 0) is 134 Å². The number of amides is 3. The van der Waals surface area contributed by atoms with E-state index >= 15 is 0 Å². The number of phenolic OH excluding ortho intramolecular Hbond substituents is 1. The highest BCUT2D eigenvalue weighted by Crippen LogP contribution is 2.67. The van der Waals surface area contributed by atoms with E-state index in [0.29, 0.717) is 77.9 Å². The summed E-state index contributed by atoms with van der Waals surface area (Å²) in [6.07, 6.45) is 7.06. The van der Waals surface area contributed by atoms with Crippen LogP contribution in [-0.2, 0) is 14.4 Å². The maximum atomic E-state index is 13.6. The molecule has 4 N–H and O–H groups in total. The molecule has 7 atom stereocenters. The van der Waals surface area contributed by atoms with E-state index in [4.69, 9.17) is 10.5 Å². The fourth-order valence-corrected chi connectivity index (χ4v) is 13.2. The Morgan fingerprint density at radius 2 is 1.67 bits per heavy atom. The number of rotatable bonds is 9. The number of ether oxygens (including phenoxy) is 1. The van der Waals surface area contributed by atoms with Gasteiger partial charge in [0.1, 0.15) is 23.6 Å². The minimum Gasteiger partial charge on any atom is -0.507 e. The van der Waals surface area contributed by atoms with Crippen LogP contribution in [0.15, 0.2) is 72.8 Å². The zero-order chi connectivity index (χ0) is 43.6. The van der Waals surface area contributed by atoms with Crippen LogP contribution in [-0.4, -0.2) is 107 Å². The summed E-state index contributed by atoms with van der Waals surface area (Å²) in [5, 5.41) is 21.7. The molecule has 12 rings (SSSR count). The van der Waals surface area contributed by atoms with Gasteiger partial charge in [0.2, 0.25) is 17.7 Å². The Bertz CT molecular complexity index is 2450. The molecular formula is C51H60N8O5. The van der Waals surface area contributed by atoms with Crippen molar-refractivity contribution in [2.45, 2.75) is 88.2 Å². The third kappa shape index (κ3) is 7.43. The lowest BCUT2D eigenvalue weighted by atomic mass is 9.59. The van der Waals surface area contributed by atoms with Crippen LogP contribution in [0.3, 0.4) is 0 Å². The highest BCUT2D eigenvalue weighted by Gasteiger charge is 2.61. The number of carbonyl (C=O) groups excluding carboxylic acids is 3. The van der Waals surface area contributed by atoms with Gasteiger partial charge in [-0.3, -0.25) is 24.6 Å². The number of para-hydroxylation sites is 1. The van der Waals surface area contributed by atoms with Gasteiger partial charge in [-0.1, -0.05) is 43.3 Å². The first kappa shape index (κ1) is 41.0. The number of nitrogens with one attached hydrogen (secondary N) is 1. The smallest absolute Gasteiger partial charge is 0.249 e. The van der Waals surface area contributed by atoms with Crippen LogP contribution in [0.25, 0.3) is 11.3 Å². The summed E-state index contributed by atoms with van der Waals surface area (Å²) in [5.41, 5.74) is 13.9. The predicted octanol–water partition coefficient (Wildman–Crippen LogP) is 6.29. The standard InChI is InChI=1S/C51H60N8O5/c1-30-27-59(42-12-13-45(61)53-51(42)63)41-10-5-9-36(47(30)41)31-14-19-56(20-15-31)29-46(62)57-21-16-34(17-22-57)64-35-7-4-6-32(24-35)48-39-25-33-28-58(23-18-37(39)49(33)48)43-26-40(54-55-50(43)52)38-8-2-3-11-44(38)60/h2-11,24,26,30-31,33-34,37,39,42,48-49,60H,12-23,25,27-29H2,1H3,(H2,52,55)(H,53,61,63)/t30-,33+,37-,39?,42-,48?,49?/m1/s1. The number of aromatic nitrogens is 2. The zero-order valence-electron chi connectivity index (χ0n) is 36.8. The summed E-state index contributed by atoms with van der Waals surface area (Å²) >= 11 is 0. The predicted molar refractivity (Wildman–Crippen MR) is 245 cm³/mol. The van der Waals surface area contributed by atoms with E-state index in [2.05, 4.69) is 79.6 Å². The number of phenols is 1. The molecule has 13 heteroatoms. The maximum Gasteiger partial charge on any atom is 0.249 e. The fourth-order valence-electron chi connectivity index (χ4n) is 13.2. The summed E-state index contributed by atoms with van der Waals surface area (Å²) in [6.45, 7) is 8.60. The quantitative estimate of drug-likeness (QED) is 0.163. The van der Waals surface area contributed by atoms with E-state index in [-0.39, 0.29) is 35.6 Å². The molecule has 4 aromatic rings. The summed E-state index contributed by atoms with van der Waals surface area (Å²) < 4.78 is 6.65. The number of hydrogen-bond acceptors (Lipinski definition) is 11. The summed E-state index contributed by atoms with van der Waals surface area (Å²) in [5.74, 6) is 5.31. The minimum absolute atomic E-state index is 0.0901. The number of hydrogen-bond donors (Lipinski definition) is 3. The Morgan fingerprint density at radius 1 is 0.859 bits per heavy atom. The Labute approximate surface area is 375 Å². The third-order valence-corrected chi connectivity index (χ3v) is 16.3. The van der Waals surface area contributed by atoms with E-state index in [1.807, 2.05) is 23.1 Å². The second-order valence-corrected chi connectivity index (χ2v) is 19.8. The lowest BCUT2D eigenvalue weighted by molar-refractivity contribution is -0.135. The Hall–Kier alpha value is -5.69. The number of carbonyl (C=O) groups is 3. The Balaban J connectivity index is 0.659. The first-order valence-corrected chi connectivity index (χ1v) is 23.8. The van der Waals surface area contributed by atoms with Gasteiger partial charge < -0.3 is 30.3 Å². The molecule has 334 valence electrons. The van der Waals surface area contributed by atoms with Crippen molar-refractivity contribution in [1.82, 2.24) is 25.3 Å². The number of likely N-dealkylation sites (tertiary alicyclic amines) is 2. The summed E-state index contributed by atoms with van der Waals surface area (Å²) in [4.78, 5) is 47.2. The molecule has 64 heavy (non-hydrogen) atoms. The van der Waals surface area contributed by atoms with Crippen molar-refractivity contribution in [3.63, 3.8) is 0 Å². The molecule has 3 unspecified atom stereocenters. The van der Waals surface area contributed by atoms with Crippen LogP contribution in [0.2, 0.25) is 0 Å². The van der Waals surface area contributed by atoms with Crippen LogP contribution in [0.4, 0.5) is 17.2 Å². The van der Waals surface area contributed by atoms with Crippen molar-refractivity contribution >= 4 is 34.9 Å².